The first-order chi connectivity index (χ1) is 8.32. The van der Waals surface area contributed by atoms with Crippen LogP contribution in [0.5, 0.6) is 0 Å². The topological polar surface area (TPSA) is 52.6 Å². The third-order valence-electron chi connectivity index (χ3n) is 3.94. The maximum Gasteiger partial charge on any atom is 0.241 e. The van der Waals surface area contributed by atoms with E-state index in [9.17, 15) is 9.90 Å². The highest BCUT2D eigenvalue weighted by Gasteiger charge is 2.40. The third kappa shape index (κ3) is 2.45. The minimum Gasteiger partial charge on any atom is -0.392 e. The molecule has 1 saturated heterocycles. The highest BCUT2D eigenvalue weighted by molar-refractivity contribution is 5.84. The number of rotatable bonds is 1. The Labute approximate surface area is 109 Å². The quantitative estimate of drug-likeness (QED) is 0.739. The van der Waals surface area contributed by atoms with Gasteiger partial charge in [0, 0.05) is 18.8 Å². The zero-order chi connectivity index (χ0) is 13.5. The molecule has 0 spiro atoms. The second kappa shape index (κ2) is 4.67. The lowest BCUT2D eigenvalue weighted by Gasteiger charge is -2.28. The molecule has 4 nitrogen and oxygen atoms in total. The van der Waals surface area contributed by atoms with Crippen LogP contribution in [-0.4, -0.2) is 41.1 Å². The van der Waals surface area contributed by atoms with Gasteiger partial charge in [-0.3, -0.25) is 9.69 Å². The maximum absolute atomic E-state index is 12.2. The van der Waals surface area contributed by atoms with E-state index in [0.29, 0.717) is 13.0 Å². The summed E-state index contributed by atoms with van der Waals surface area (Å²) < 4.78 is 0. The number of carbonyl (C=O) groups is 1. The molecule has 0 saturated carbocycles. The Morgan fingerprint density at radius 1 is 1.44 bits per heavy atom. The third-order valence-corrected chi connectivity index (χ3v) is 3.94. The molecule has 2 atom stereocenters. The van der Waals surface area contributed by atoms with Gasteiger partial charge in [-0.1, -0.05) is 27.7 Å². The van der Waals surface area contributed by atoms with Crippen LogP contribution < -0.4 is 5.32 Å². The molecule has 2 rings (SSSR count). The summed E-state index contributed by atoms with van der Waals surface area (Å²) in [5.74, 6) is 0.0441. The number of allylic oxidation sites excluding steroid dienone is 1. The Morgan fingerprint density at radius 3 is 2.67 bits per heavy atom. The van der Waals surface area contributed by atoms with E-state index in [1.54, 1.807) is 0 Å². The van der Waals surface area contributed by atoms with Crippen LogP contribution in [0.15, 0.2) is 11.3 Å². The lowest BCUT2D eigenvalue weighted by Crippen LogP contribution is -2.40. The Kier molecular flexibility index (Phi) is 3.52. The molecule has 1 amide bonds. The van der Waals surface area contributed by atoms with E-state index in [-0.39, 0.29) is 23.5 Å². The van der Waals surface area contributed by atoms with Gasteiger partial charge in [0.2, 0.25) is 5.91 Å². The molecular weight excluding hydrogens is 228 g/mol. The Bertz CT molecular complexity index is 382. The van der Waals surface area contributed by atoms with Gasteiger partial charge in [-0.05, 0) is 23.8 Å². The minimum absolute atomic E-state index is 0.0427. The lowest BCUT2D eigenvalue weighted by molar-refractivity contribution is -0.124. The van der Waals surface area contributed by atoms with Crippen molar-refractivity contribution >= 4 is 5.91 Å². The first-order valence-electron chi connectivity index (χ1n) is 6.78. The minimum atomic E-state index is -0.370. The summed E-state index contributed by atoms with van der Waals surface area (Å²) in [6.45, 7) is 10.00. The summed E-state index contributed by atoms with van der Waals surface area (Å²) in [5.41, 5.74) is 2.40. The molecule has 2 aliphatic heterocycles. The van der Waals surface area contributed by atoms with Crippen LogP contribution in [0.1, 0.15) is 40.5 Å². The molecule has 0 aromatic carbocycles. The molecule has 2 N–H and O–H groups in total. The van der Waals surface area contributed by atoms with E-state index in [1.807, 2.05) is 0 Å². The molecule has 2 aliphatic rings. The molecule has 102 valence electrons. The van der Waals surface area contributed by atoms with Crippen LogP contribution in [-0.2, 0) is 4.79 Å². The van der Waals surface area contributed by atoms with Crippen molar-refractivity contribution in [3.8, 4) is 0 Å². The van der Waals surface area contributed by atoms with E-state index in [0.717, 1.165) is 18.7 Å². The van der Waals surface area contributed by atoms with Gasteiger partial charge in [0.15, 0.2) is 0 Å². The number of amides is 1. The SMILES string of the molecule is CCC1=C(C(C)(C)C)CN2C[C@H](O)C[C@H]2C(=O)N1. The number of carbonyl (C=O) groups excluding carboxylic acids is 1. The van der Waals surface area contributed by atoms with Crippen LogP contribution in [0.25, 0.3) is 0 Å². The number of aliphatic hydroxyl groups excluding tert-OH is 1. The summed E-state index contributed by atoms with van der Waals surface area (Å²) in [5, 5.41) is 12.8. The summed E-state index contributed by atoms with van der Waals surface area (Å²) in [6, 6.07) is -0.165. The Balaban J connectivity index is 2.34. The lowest BCUT2D eigenvalue weighted by atomic mass is 9.84. The van der Waals surface area contributed by atoms with Crippen molar-refractivity contribution in [2.24, 2.45) is 5.41 Å². The van der Waals surface area contributed by atoms with Crippen molar-refractivity contribution in [3.63, 3.8) is 0 Å². The number of hydrogen-bond acceptors (Lipinski definition) is 3. The van der Waals surface area contributed by atoms with E-state index in [2.05, 4.69) is 37.9 Å². The van der Waals surface area contributed by atoms with Gasteiger partial charge in [0.25, 0.3) is 0 Å². The molecule has 0 aromatic rings. The van der Waals surface area contributed by atoms with Gasteiger partial charge in [0.05, 0.1) is 12.1 Å². The molecular formula is C14H24N2O2. The number of aliphatic hydroxyl groups is 1. The Hall–Kier alpha value is -0.870. The van der Waals surface area contributed by atoms with Crippen molar-refractivity contribution in [2.75, 3.05) is 13.1 Å². The van der Waals surface area contributed by atoms with Gasteiger partial charge < -0.3 is 10.4 Å². The fourth-order valence-electron chi connectivity index (χ4n) is 2.92. The number of nitrogens with zero attached hydrogens (tertiary/aromatic N) is 1. The molecule has 1 fully saturated rings. The molecule has 0 bridgehead atoms. The predicted octanol–water partition coefficient (Wildman–Crippen LogP) is 1.26. The van der Waals surface area contributed by atoms with E-state index in [4.69, 9.17) is 0 Å². The van der Waals surface area contributed by atoms with Crippen LogP contribution in [0.4, 0.5) is 0 Å². The average Bonchev–Trinajstić information content (AvgIpc) is 2.57. The largest absolute Gasteiger partial charge is 0.392 e. The predicted molar refractivity (Wildman–Crippen MR) is 70.9 cm³/mol. The monoisotopic (exact) mass is 252 g/mol. The van der Waals surface area contributed by atoms with Gasteiger partial charge in [0.1, 0.15) is 0 Å². The van der Waals surface area contributed by atoms with Crippen LogP contribution in [0.3, 0.4) is 0 Å². The van der Waals surface area contributed by atoms with Gasteiger partial charge in [-0.25, -0.2) is 0 Å². The van der Waals surface area contributed by atoms with E-state index < -0.39 is 0 Å². The van der Waals surface area contributed by atoms with Crippen molar-refractivity contribution in [1.82, 2.24) is 10.2 Å². The maximum atomic E-state index is 12.2. The molecule has 4 heteroatoms. The second-order valence-electron chi connectivity index (χ2n) is 6.38. The van der Waals surface area contributed by atoms with Gasteiger partial charge in [-0.15, -0.1) is 0 Å². The van der Waals surface area contributed by atoms with Crippen LogP contribution in [0.2, 0.25) is 0 Å². The zero-order valence-corrected chi connectivity index (χ0v) is 11.8. The molecule has 0 radical (unpaired) electrons. The number of hydrogen-bond donors (Lipinski definition) is 2. The van der Waals surface area contributed by atoms with E-state index >= 15 is 0 Å². The smallest absolute Gasteiger partial charge is 0.241 e. The van der Waals surface area contributed by atoms with E-state index in [1.165, 1.54) is 5.57 Å². The molecule has 0 aliphatic carbocycles. The highest BCUT2D eigenvalue weighted by Crippen LogP contribution is 2.33. The standard InChI is InChI=1S/C14H24N2O2/c1-5-11-10(14(2,3)4)8-16-7-9(17)6-12(16)13(18)15-11/h9,12,17H,5-8H2,1-4H3,(H,15,18)/t9-,12+/m1/s1. The highest BCUT2D eigenvalue weighted by atomic mass is 16.3. The van der Waals surface area contributed by atoms with Gasteiger partial charge >= 0.3 is 0 Å². The second-order valence-corrected chi connectivity index (χ2v) is 6.38. The summed E-state index contributed by atoms with van der Waals surface area (Å²) in [7, 11) is 0. The fraction of sp³-hybridized carbons (Fsp3) is 0.786. The summed E-state index contributed by atoms with van der Waals surface area (Å²) in [6.07, 6.45) is 1.03. The first-order valence-corrected chi connectivity index (χ1v) is 6.78. The van der Waals surface area contributed by atoms with Crippen molar-refractivity contribution < 1.29 is 9.90 Å². The van der Waals surface area contributed by atoms with Crippen LogP contribution >= 0.6 is 0 Å². The van der Waals surface area contributed by atoms with Crippen molar-refractivity contribution in [1.29, 1.82) is 0 Å². The summed E-state index contributed by atoms with van der Waals surface area (Å²) >= 11 is 0. The van der Waals surface area contributed by atoms with Gasteiger partial charge in [-0.2, -0.15) is 0 Å². The summed E-state index contributed by atoms with van der Waals surface area (Å²) in [4.78, 5) is 14.3. The fourth-order valence-corrected chi connectivity index (χ4v) is 2.92. The zero-order valence-electron chi connectivity index (χ0n) is 11.8. The average molecular weight is 252 g/mol. The normalized spacial score (nSPS) is 30.2. The number of nitrogens with one attached hydrogen (secondary N) is 1. The first kappa shape index (κ1) is 13.6. The molecule has 0 aromatic heterocycles. The Morgan fingerprint density at radius 2 is 2.11 bits per heavy atom. The van der Waals surface area contributed by atoms with Crippen LogP contribution in [0, 0.1) is 5.41 Å². The van der Waals surface area contributed by atoms with Crippen molar-refractivity contribution in [2.45, 2.75) is 52.7 Å². The van der Waals surface area contributed by atoms with Crippen molar-refractivity contribution in [3.05, 3.63) is 11.3 Å². The number of fused-ring (bicyclic) bond motifs is 1. The molecule has 2 heterocycles. The molecule has 18 heavy (non-hydrogen) atoms. The molecule has 0 unspecified atom stereocenters.